The quantitative estimate of drug-likeness (QED) is 0.735. The highest BCUT2D eigenvalue weighted by molar-refractivity contribution is 6.03. The molecule has 0 aromatic heterocycles. The standard InChI is InChI=1S/C17H28N2O2/c1-16(2)13-8-9-17(16,3)15(21)19(14(13)20)12-18-10-6-4-5-7-11-18/h13H,4-12H2,1-3H3/t13-,17-/m1/s1. The maximum Gasteiger partial charge on any atom is 0.236 e. The number of amides is 2. The van der Waals surface area contributed by atoms with Crippen LogP contribution in [0.25, 0.3) is 0 Å². The summed E-state index contributed by atoms with van der Waals surface area (Å²) in [6.07, 6.45) is 6.62. The molecule has 2 bridgehead atoms. The largest absolute Gasteiger partial charge is 0.286 e. The van der Waals surface area contributed by atoms with Gasteiger partial charge in [-0.3, -0.25) is 19.4 Å². The molecular formula is C17H28N2O2. The molecule has 0 unspecified atom stereocenters. The summed E-state index contributed by atoms with van der Waals surface area (Å²) in [6, 6.07) is 0. The summed E-state index contributed by atoms with van der Waals surface area (Å²) in [7, 11) is 0. The van der Waals surface area contributed by atoms with Gasteiger partial charge in [0.15, 0.2) is 0 Å². The second kappa shape index (κ2) is 5.08. The number of carbonyl (C=O) groups is 2. The number of nitrogens with zero attached hydrogens (tertiary/aromatic N) is 2. The highest BCUT2D eigenvalue weighted by atomic mass is 16.2. The first kappa shape index (κ1) is 15.0. The molecule has 4 nitrogen and oxygen atoms in total. The van der Waals surface area contributed by atoms with Gasteiger partial charge < -0.3 is 0 Å². The van der Waals surface area contributed by atoms with E-state index in [1.165, 1.54) is 25.7 Å². The average molecular weight is 292 g/mol. The number of rotatable bonds is 2. The maximum atomic E-state index is 13.0. The van der Waals surface area contributed by atoms with Gasteiger partial charge in [0.05, 0.1) is 12.1 Å². The molecule has 2 aliphatic heterocycles. The Hall–Kier alpha value is -0.900. The Balaban J connectivity index is 1.80. The normalized spacial score (nSPS) is 36.9. The van der Waals surface area contributed by atoms with Gasteiger partial charge in [0.25, 0.3) is 0 Å². The van der Waals surface area contributed by atoms with Crippen LogP contribution in [0, 0.1) is 16.7 Å². The van der Waals surface area contributed by atoms with Gasteiger partial charge in [-0.1, -0.05) is 33.6 Å². The van der Waals surface area contributed by atoms with Gasteiger partial charge in [-0.2, -0.15) is 0 Å². The first-order chi connectivity index (χ1) is 9.88. The zero-order valence-electron chi connectivity index (χ0n) is 13.7. The Bertz CT molecular complexity index is 452. The fraction of sp³-hybridized carbons (Fsp3) is 0.882. The second-order valence-electron chi connectivity index (χ2n) is 7.89. The van der Waals surface area contributed by atoms with Crippen molar-refractivity contribution >= 4 is 11.8 Å². The van der Waals surface area contributed by atoms with E-state index in [1.807, 2.05) is 0 Å². The molecule has 2 heterocycles. The van der Waals surface area contributed by atoms with Crippen LogP contribution < -0.4 is 0 Å². The lowest BCUT2D eigenvalue weighted by Gasteiger charge is -2.48. The smallest absolute Gasteiger partial charge is 0.236 e. The van der Waals surface area contributed by atoms with Crippen molar-refractivity contribution in [1.82, 2.24) is 9.80 Å². The summed E-state index contributed by atoms with van der Waals surface area (Å²) >= 11 is 0. The van der Waals surface area contributed by atoms with Crippen molar-refractivity contribution in [3.05, 3.63) is 0 Å². The third-order valence-corrected chi connectivity index (χ3v) is 6.55. The van der Waals surface area contributed by atoms with E-state index in [4.69, 9.17) is 0 Å². The van der Waals surface area contributed by atoms with Crippen molar-refractivity contribution in [2.45, 2.75) is 59.3 Å². The SMILES string of the molecule is CC1(C)[C@@H]2CC[C@]1(C)C(=O)N(CN1CCCCCC1)C2=O. The Morgan fingerprint density at radius 2 is 1.67 bits per heavy atom. The number of hydrogen-bond acceptors (Lipinski definition) is 3. The van der Waals surface area contributed by atoms with E-state index in [2.05, 4.69) is 25.7 Å². The number of likely N-dealkylation sites (tertiary alicyclic amines) is 2. The Morgan fingerprint density at radius 1 is 1.05 bits per heavy atom. The van der Waals surface area contributed by atoms with Crippen LogP contribution in [0.3, 0.4) is 0 Å². The van der Waals surface area contributed by atoms with Gasteiger partial charge in [-0.05, 0) is 44.2 Å². The molecule has 3 fully saturated rings. The van der Waals surface area contributed by atoms with Crippen LogP contribution >= 0.6 is 0 Å². The molecular weight excluding hydrogens is 264 g/mol. The van der Waals surface area contributed by atoms with Gasteiger partial charge >= 0.3 is 0 Å². The summed E-state index contributed by atoms with van der Waals surface area (Å²) < 4.78 is 0. The zero-order valence-corrected chi connectivity index (χ0v) is 13.7. The van der Waals surface area contributed by atoms with Crippen molar-refractivity contribution in [2.75, 3.05) is 19.8 Å². The lowest BCUT2D eigenvalue weighted by molar-refractivity contribution is -0.170. The van der Waals surface area contributed by atoms with Gasteiger partial charge in [0, 0.05) is 5.92 Å². The zero-order chi connectivity index (χ0) is 15.3. The first-order valence-electron chi connectivity index (χ1n) is 8.46. The Morgan fingerprint density at radius 3 is 2.29 bits per heavy atom. The third kappa shape index (κ3) is 2.14. The van der Waals surface area contributed by atoms with Crippen molar-refractivity contribution in [2.24, 2.45) is 16.7 Å². The molecule has 3 rings (SSSR count). The maximum absolute atomic E-state index is 13.0. The minimum Gasteiger partial charge on any atom is -0.286 e. The van der Waals surface area contributed by atoms with Crippen molar-refractivity contribution in [3.63, 3.8) is 0 Å². The summed E-state index contributed by atoms with van der Waals surface area (Å²) in [5, 5.41) is 0. The Labute approximate surface area is 127 Å². The van der Waals surface area contributed by atoms with Gasteiger partial charge in [-0.15, -0.1) is 0 Å². The molecule has 118 valence electrons. The van der Waals surface area contributed by atoms with E-state index in [-0.39, 0.29) is 28.6 Å². The highest BCUT2D eigenvalue weighted by Crippen LogP contribution is 2.60. The summed E-state index contributed by atoms with van der Waals surface area (Å²) in [5.41, 5.74) is -0.562. The van der Waals surface area contributed by atoms with Crippen LogP contribution in [0.5, 0.6) is 0 Å². The minimum atomic E-state index is -0.364. The van der Waals surface area contributed by atoms with E-state index < -0.39 is 0 Å². The van der Waals surface area contributed by atoms with Crippen LogP contribution in [-0.2, 0) is 9.59 Å². The summed E-state index contributed by atoms with van der Waals surface area (Å²) in [6.45, 7) is 8.81. The van der Waals surface area contributed by atoms with Crippen LogP contribution in [-0.4, -0.2) is 41.4 Å². The molecule has 1 saturated carbocycles. The van der Waals surface area contributed by atoms with Gasteiger partial charge in [-0.25, -0.2) is 0 Å². The van der Waals surface area contributed by atoms with E-state index in [0.717, 1.165) is 25.9 Å². The molecule has 1 aliphatic carbocycles. The second-order valence-corrected chi connectivity index (χ2v) is 7.89. The third-order valence-electron chi connectivity index (χ3n) is 6.55. The molecule has 2 saturated heterocycles. The van der Waals surface area contributed by atoms with Gasteiger partial charge in [0.2, 0.25) is 11.8 Å². The van der Waals surface area contributed by atoms with Gasteiger partial charge in [0.1, 0.15) is 0 Å². The predicted molar refractivity (Wildman–Crippen MR) is 81.4 cm³/mol. The minimum absolute atomic E-state index is 0.0205. The van der Waals surface area contributed by atoms with Crippen molar-refractivity contribution < 1.29 is 9.59 Å². The first-order valence-corrected chi connectivity index (χ1v) is 8.46. The number of carbonyl (C=O) groups excluding carboxylic acids is 2. The molecule has 3 aliphatic rings. The Kier molecular flexibility index (Phi) is 3.63. The average Bonchev–Trinajstić information content (AvgIpc) is 2.64. The van der Waals surface area contributed by atoms with Crippen molar-refractivity contribution in [1.29, 1.82) is 0 Å². The molecule has 0 aromatic carbocycles. The van der Waals surface area contributed by atoms with Crippen LogP contribution in [0.2, 0.25) is 0 Å². The van der Waals surface area contributed by atoms with E-state index in [9.17, 15) is 9.59 Å². The monoisotopic (exact) mass is 292 g/mol. The molecule has 0 N–H and O–H groups in total. The van der Waals surface area contributed by atoms with E-state index >= 15 is 0 Å². The molecule has 4 heteroatoms. The molecule has 0 radical (unpaired) electrons. The molecule has 0 spiro atoms. The van der Waals surface area contributed by atoms with Crippen LogP contribution in [0.15, 0.2) is 0 Å². The topological polar surface area (TPSA) is 40.6 Å². The predicted octanol–water partition coefficient (Wildman–Crippen LogP) is 2.63. The van der Waals surface area contributed by atoms with E-state index in [1.54, 1.807) is 4.90 Å². The summed E-state index contributed by atoms with van der Waals surface area (Å²) in [5.74, 6) is 0.159. The highest BCUT2D eigenvalue weighted by Gasteiger charge is 2.64. The summed E-state index contributed by atoms with van der Waals surface area (Å²) in [4.78, 5) is 29.6. The number of fused-ring (bicyclic) bond motifs is 2. The molecule has 2 amide bonds. The lowest BCUT2D eigenvalue weighted by atomic mass is 9.62. The van der Waals surface area contributed by atoms with Crippen molar-refractivity contribution in [3.8, 4) is 0 Å². The fourth-order valence-corrected chi connectivity index (χ4v) is 4.51. The fourth-order valence-electron chi connectivity index (χ4n) is 4.51. The van der Waals surface area contributed by atoms with E-state index in [0.29, 0.717) is 6.67 Å². The number of hydrogen-bond donors (Lipinski definition) is 0. The molecule has 21 heavy (non-hydrogen) atoms. The lowest BCUT2D eigenvalue weighted by Crippen LogP contribution is -2.61. The van der Waals surface area contributed by atoms with Crippen LogP contribution in [0.1, 0.15) is 59.3 Å². The molecule has 0 aromatic rings. The number of imide groups is 1. The molecule has 2 atom stereocenters. The van der Waals surface area contributed by atoms with Crippen LogP contribution in [0.4, 0.5) is 0 Å². The number of piperidine rings is 1.